The number of carbonyl (C=O) groups excluding carboxylic acids is 1. The third kappa shape index (κ3) is 4.71. The number of rotatable bonds is 5. The number of nitrogens with zero attached hydrogens (tertiary/aromatic N) is 3. The van der Waals surface area contributed by atoms with Crippen LogP contribution in [0.15, 0.2) is 66.7 Å². The lowest BCUT2D eigenvalue weighted by molar-refractivity contribution is 0.102. The van der Waals surface area contributed by atoms with E-state index in [1.807, 2.05) is 43.3 Å². The summed E-state index contributed by atoms with van der Waals surface area (Å²) in [7, 11) is 1.53. The molecule has 0 unspecified atom stereocenters. The van der Waals surface area contributed by atoms with Gasteiger partial charge in [-0.2, -0.15) is 4.98 Å². The Kier molecular flexibility index (Phi) is 5.93. The summed E-state index contributed by atoms with van der Waals surface area (Å²) in [5, 5.41) is 8.06. The first kappa shape index (κ1) is 20.9. The SMILES string of the molecule is COc1nc(-c2ccc(C)cc2)n(-c2ccc(NC(=O)c3cc(Cl)cc(Cl)c3)cc2)n1. The Balaban J connectivity index is 1.60. The number of ether oxygens (including phenoxy) is 1. The molecule has 0 fully saturated rings. The molecule has 0 saturated heterocycles. The molecule has 0 aliphatic heterocycles. The van der Waals surface area contributed by atoms with Crippen LogP contribution in [0.3, 0.4) is 0 Å². The molecule has 4 rings (SSSR count). The standard InChI is InChI=1S/C23H18Cl2N4O2/c1-14-3-5-15(6-4-14)21-27-23(31-2)28-29(21)20-9-7-19(8-10-20)26-22(30)16-11-17(24)13-18(25)12-16/h3-13H,1-2H3,(H,26,30). The topological polar surface area (TPSA) is 69.0 Å². The van der Waals surface area contributed by atoms with Gasteiger partial charge < -0.3 is 10.1 Å². The lowest BCUT2D eigenvalue weighted by Crippen LogP contribution is -2.12. The molecule has 1 heterocycles. The van der Waals surface area contributed by atoms with Crippen molar-refractivity contribution in [1.82, 2.24) is 14.8 Å². The van der Waals surface area contributed by atoms with Crippen molar-refractivity contribution >= 4 is 34.8 Å². The van der Waals surface area contributed by atoms with Crippen molar-refractivity contribution < 1.29 is 9.53 Å². The van der Waals surface area contributed by atoms with Crippen molar-refractivity contribution in [3.05, 3.63) is 87.9 Å². The van der Waals surface area contributed by atoms with Crippen LogP contribution in [0.25, 0.3) is 17.1 Å². The van der Waals surface area contributed by atoms with Gasteiger partial charge in [0.25, 0.3) is 5.91 Å². The fourth-order valence-corrected chi connectivity index (χ4v) is 3.55. The van der Waals surface area contributed by atoms with Crippen molar-refractivity contribution in [2.24, 2.45) is 0 Å². The number of benzene rings is 3. The van der Waals surface area contributed by atoms with Crippen molar-refractivity contribution in [3.63, 3.8) is 0 Å². The number of hydrogen-bond acceptors (Lipinski definition) is 4. The van der Waals surface area contributed by atoms with Crippen LogP contribution in [0.1, 0.15) is 15.9 Å². The van der Waals surface area contributed by atoms with E-state index in [-0.39, 0.29) is 11.9 Å². The zero-order valence-electron chi connectivity index (χ0n) is 16.8. The Hall–Kier alpha value is -3.35. The number of methoxy groups -OCH3 is 1. The molecule has 6 nitrogen and oxygen atoms in total. The van der Waals surface area contributed by atoms with Crippen molar-refractivity contribution in [3.8, 4) is 23.1 Å². The molecule has 1 aromatic heterocycles. The van der Waals surface area contributed by atoms with E-state index in [0.717, 1.165) is 16.8 Å². The van der Waals surface area contributed by atoms with Gasteiger partial charge in [-0.25, -0.2) is 4.68 Å². The molecule has 1 amide bonds. The van der Waals surface area contributed by atoms with Crippen LogP contribution in [0.4, 0.5) is 5.69 Å². The smallest absolute Gasteiger partial charge is 0.336 e. The monoisotopic (exact) mass is 452 g/mol. The third-order valence-corrected chi connectivity index (χ3v) is 5.01. The number of carbonyl (C=O) groups is 1. The second kappa shape index (κ2) is 8.79. The Morgan fingerprint density at radius 3 is 2.23 bits per heavy atom. The molecule has 0 saturated carbocycles. The van der Waals surface area contributed by atoms with Crippen LogP contribution in [0.2, 0.25) is 10.0 Å². The molecule has 31 heavy (non-hydrogen) atoms. The number of amides is 1. The Morgan fingerprint density at radius 1 is 0.968 bits per heavy atom. The summed E-state index contributed by atoms with van der Waals surface area (Å²) in [6.45, 7) is 2.03. The average molecular weight is 453 g/mol. The number of aromatic nitrogens is 3. The highest BCUT2D eigenvalue weighted by Gasteiger charge is 2.15. The van der Waals surface area contributed by atoms with E-state index in [2.05, 4.69) is 15.4 Å². The minimum atomic E-state index is -0.306. The van der Waals surface area contributed by atoms with Crippen molar-refractivity contribution in [1.29, 1.82) is 0 Å². The van der Waals surface area contributed by atoms with Crippen molar-refractivity contribution in [2.75, 3.05) is 12.4 Å². The highest BCUT2D eigenvalue weighted by Crippen LogP contribution is 2.25. The van der Waals surface area contributed by atoms with Crippen LogP contribution in [-0.2, 0) is 0 Å². The predicted molar refractivity (Wildman–Crippen MR) is 122 cm³/mol. The maximum Gasteiger partial charge on any atom is 0.336 e. The molecule has 0 aliphatic rings. The van der Waals surface area contributed by atoms with Gasteiger partial charge in [0.1, 0.15) is 0 Å². The first-order valence-corrected chi connectivity index (χ1v) is 10.1. The van der Waals surface area contributed by atoms with Crippen molar-refractivity contribution in [2.45, 2.75) is 6.92 Å². The van der Waals surface area contributed by atoms with Crippen LogP contribution in [-0.4, -0.2) is 27.8 Å². The number of halogens is 2. The van der Waals surface area contributed by atoms with Gasteiger partial charge in [0, 0.05) is 26.9 Å². The molecule has 156 valence electrons. The lowest BCUT2D eigenvalue weighted by Gasteiger charge is -2.09. The second-order valence-electron chi connectivity index (χ2n) is 6.86. The fraction of sp³-hybridized carbons (Fsp3) is 0.0870. The zero-order chi connectivity index (χ0) is 22.0. The highest BCUT2D eigenvalue weighted by molar-refractivity contribution is 6.35. The first-order chi connectivity index (χ1) is 14.9. The fourth-order valence-electron chi connectivity index (χ4n) is 3.02. The molecule has 1 N–H and O–H groups in total. The Labute approximate surface area is 189 Å². The predicted octanol–water partition coefficient (Wildman–Crippen LogP) is 5.81. The van der Waals surface area contributed by atoms with E-state index in [1.165, 1.54) is 7.11 Å². The molecule has 0 spiro atoms. The Morgan fingerprint density at radius 2 is 1.61 bits per heavy atom. The molecule has 4 aromatic rings. The van der Waals surface area contributed by atoms with Gasteiger partial charge in [-0.3, -0.25) is 4.79 Å². The lowest BCUT2D eigenvalue weighted by atomic mass is 10.1. The minimum Gasteiger partial charge on any atom is -0.466 e. The largest absolute Gasteiger partial charge is 0.466 e. The van der Waals surface area contributed by atoms with Gasteiger partial charge in [0.15, 0.2) is 5.82 Å². The summed E-state index contributed by atoms with van der Waals surface area (Å²) >= 11 is 12.0. The van der Waals surface area contributed by atoms with E-state index < -0.39 is 0 Å². The quantitative estimate of drug-likeness (QED) is 0.414. The number of anilines is 1. The average Bonchev–Trinajstić information content (AvgIpc) is 3.18. The Bertz CT molecular complexity index is 1220. The first-order valence-electron chi connectivity index (χ1n) is 9.39. The van der Waals surface area contributed by atoms with E-state index in [0.29, 0.717) is 27.1 Å². The van der Waals surface area contributed by atoms with Gasteiger partial charge in [0.05, 0.1) is 12.8 Å². The zero-order valence-corrected chi connectivity index (χ0v) is 18.3. The van der Waals surface area contributed by atoms with Crippen LogP contribution in [0, 0.1) is 6.92 Å². The molecule has 0 bridgehead atoms. The summed E-state index contributed by atoms with van der Waals surface area (Å²) in [5.74, 6) is 0.349. The molecule has 0 atom stereocenters. The molecule has 0 aliphatic carbocycles. The summed E-state index contributed by atoms with van der Waals surface area (Å²) in [6, 6.07) is 20.2. The highest BCUT2D eigenvalue weighted by atomic mass is 35.5. The maximum atomic E-state index is 12.5. The summed E-state index contributed by atoms with van der Waals surface area (Å²) in [6.07, 6.45) is 0. The van der Waals surface area contributed by atoms with E-state index >= 15 is 0 Å². The van der Waals surface area contributed by atoms with Gasteiger partial charge >= 0.3 is 6.01 Å². The van der Waals surface area contributed by atoms with Gasteiger partial charge in [0.2, 0.25) is 0 Å². The van der Waals surface area contributed by atoms with E-state index in [4.69, 9.17) is 27.9 Å². The van der Waals surface area contributed by atoms with Gasteiger partial charge in [-0.1, -0.05) is 53.0 Å². The molecule has 0 radical (unpaired) electrons. The van der Waals surface area contributed by atoms with Gasteiger partial charge in [-0.05, 0) is 49.4 Å². The van der Waals surface area contributed by atoms with E-state index in [9.17, 15) is 4.79 Å². The minimum absolute atomic E-state index is 0.269. The second-order valence-corrected chi connectivity index (χ2v) is 7.73. The molecule has 3 aromatic carbocycles. The van der Waals surface area contributed by atoms with Gasteiger partial charge in [-0.15, -0.1) is 5.10 Å². The summed E-state index contributed by atoms with van der Waals surface area (Å²) in [4.78, 5) is 17.0. The molecular formula is C23H18Cl2N4O2. The summed E-state index contributed by atoms with van der Waals surface area (Å²) in [5.41, 5.74) is 3.84. The number of aryl methyl sites for hydroxylation is 1. The number of nitrogens with one attached hydrogen (secondary N) is 1. The van der Waals surface area contributed by atoms with E-state index in [1.54, 1.807) is 35.0 Å². The van der Waals surface area contributed by atoms with Crippen LogP contribution in [0.5, 0.6) is 6.01 Å². The third-order valence-electron chi connectivity index (χ3n) is 4.57. The summed E-state index contributed by atoms with van der Waals surface area (Å²) < 4.78 is 6.93. The molecule has 8 heteroatoms. The maximum absolute atomic E-state index is 12.5. The van der Waals surface area contributed by atoms with Crippen LogP contribution >= 0.6 is 23.2 Å². The number of hydrogen-bond donors (Lipinski definition) is 1. The normalized spacial score (nSPS) is 10.7. The van der Waals surface area contributed by atoms with Crippen LogP contribution < -0.4 is 10.1 Å². The molecular weight excluding hydrogens is 435 g/mol.